The molecule has 0 saturated heterocycles. The van der Waals surface area contributed by atoms with Crippen molar-refractivity contribution >= 4 is 19.8 Å². The van der Waals surface area contributed by atoms with Crippen LogP contribution in [0.4, 0.5) is 0 Å². The molecule has 0 aliphatic rings. The number of carbonyl (C=O) groups excluding carboxylic acids is 2. The number of hydrogen-bond acceptors (Lipinski definition) is 8. The lowest BCUT2D eigenvalue weighted by Crippen LogP contribution is -2.37. The van der Waals surface area contributed by atoms with Crippen LogP contribution in [-0.2, 0) is 32.7 Å². The molecule has 364 valence electrons. The van der Waals surface area contributed by atoms with Gasteiger partial charge in [0.15, 0.2) is 6.10 Å². The highest BCUT2D eigenvalue weighted by Gasteiger charge is 2.21. The Balaban J connectivity index is 4.19. The molecule has 0 N–H and O–H groups in total. The van der Waals surface area contributed by atoms with E-state index in [-0.39, 0.29) is 32.0 Å². The molecule has 0 saturated carbocycles. The second kappa shape index (κ2) is 44.2. The average Bonchev–Trinajstić information content (AvgIpc) is 3.21. The first-order valence-electron chi connectivity index (χ1n) is 26.2. The molecule has 0 radical (unpaired) electrons. The van der Waals surface area contributed by atoms with Crippen molar-refractivity contribution in [2.24, 2.45) is 0 Å². The fourth-order valence-corrected chi connectivity index (χ4v) is 8.50. The number of hydrogen-bond donors (Lipinski definition) is 0. The number of carbonyl (C=O) groups is 2. The summed E-state index contributed by atoms with van der Waals surface area (Å²) in [5.41, 5.74) is 0. The van der Waals surface area contributed by atoms with Crippen LogP contribution in [-0.4, -0.2) is 70.0 Å². The van der Waals surface area contributed by atoms with Gasteiger partial charge in [-0.2, -0.15) is 0 Å². The van der Waals surface area contributed by atoms with Crippen LogP contribution in [0.25, 0.3) is 0 Å². The standard InChI is InChI=1S/C51H102NO8P/c1-6-8-10-12-14-16-18-20-22-24-26-28-30-32-34-36-38-40-42-44-51(54)60-49(48-59-61(55,56)58-46-45-52(3,4)5)47-57-50(53)43-41-39-37-35-33-31-29-27-25-23-21-19-17-15-13-11-9-7-2/h49H,6-48H2,1-5H3. The molecular weight excluding hydrogens is 786 g/mol. The van der Waals surface area contributed by atoms with Crippen LogP contribution in [0, 0.1) is 0 Å². The molecule has 0 aliphatic heterocycles. The predicted octanol–water partition coefficient (Wildman–Crippen LogP) is 14.9. The summed E-state index contributed by atoms with van der Waals surface area (Å²) in [5.74, 6) is -0.812. The number of ether oxygens (including phenoxy) is 2. The first kappa shape index (κ1) is 60.0. The van der Waals surface area contributed by atoms with E-state index < -0.39 is 26.5 Å². The predicted molar refractivity (Wildman–Crippen MR) is 255 cm³/mol. The second-order valence-corrected chi connectivity index (χ2v) is 20.7. The van der Waals surface area contributed by atoms with E-state index in [2.05, 4.69) is 13.8 Å². The lowest BCUT2D eigenvalue weighted by molar-refractivity contribution is -0.870. The first-order chi connectivity index (χ1) is 29.5. The van der Waals surface area contributed by atoms with Gasteiger partial charge in [-0.15, -0.1) is 0 Å². The first-order valence-corrected chi connectivity index (χ1v) is 27.7. The van der Waals surface area contributed by atoms with Crippen LogP contribution in [0.5, 0.6) is 0 Å². The van der Waals surface area contributed by atoms with Crippen molar-refractivity contribution in [1.29, 1.82) is 0 Å². The molecule has 0 heterocycles. The van der Waals surface area contributed by atoms with Gasteiger partial charge in [-0.3, -0.25) is 14.2 Å². The number of quaternary nitrogens is 1. The molecule has 0 aromatic carbocycles. The minimum absolute atomic E-state index is 0.0253. The van der Waals surface area contributed by atoms with E-state index in [0.717, 1.165) is 32.1 Å². The maximum absolute atomic E-state index is 12.7. The van der Waals surface area contributed by atoms with Crippen molar-refractivity contribution in [3.8, 4) is 0 Å². The minimum Gasteiger partial charge on any atom is -0.756 e. The molecule has 2 unspecified atom stereocenters. The fourth-order valence-electron chi connectivity index (χ4n) is 7.78. The van der Waals surface area contributed by atoms with Crippen molar-refractivity contribution in [1.82, 2.24) is 0 Å². The zero-order valence-corrected chi connectivity index (χ0v) is 42.0. The summed E-state index contributed by atoms with van der Waals surface area (Å²) in [6.07, 6.45) is 47.0. The van der Waals surface area contributed by atoms with Gasteiger partial charge >= 0.3 is 11.9 Å². The Kier molecular flexibility index (Phi) is 43.5. The molecular formula is C51H102NO8P. The Bertz CT molecular complexity index is 1010. The third-order valence-electron chi connectivity index (χ3n) is 11.9. The molecule has 10 heteroatoms. The van der Waals surface area contributed by atoms with E-state index in [1.165, 1.54) is 199 Å². The van der Waals surface area contributed by atoms with E-state index in [1.807, 2.05) is 21.1 Å². The summed E-state index contributed by atoms with van der Waals surface area (Å²) in [6.45, 7) is 4.30. The molecule has 0 bridgehead atoms. The van der Waals surface area contributed by atoms with E-state index in [0.29, 0.717) is 17.4 Å². The largest absolute Gasteiger partial charge is 0.756 e. The van der Waals surface area contributed by atoms with Crippen LogP contribution >= 0.6 is 7.82 Å². The Labute approximate surface area is 378 Å². The summed E-state index contributed by atoms with van der Waals surface area (Å²) in [5, 5.41) is 0. The Morgan fingerprint density at radius 3 is 1.05 bits per heavy atom. The van der Waals surface area contributed by atoms with Crippen LogP contribution in [0.3, 0.4) is 0 Å². The Morgan fingerprint density at radius 1 is 0.443 bits per heavy atom. The van der Waals surface area contributed by atoms with Crippen molar-refractivity contribution in [3.63, 3.8) is 0 Å². The fraction of sp³-hybridized carbons (Fsp3) is 0.961. The van der Waals surface area contributed by atoms with Crippen molar-refractivity contribution in [2.45, 2.75) is 270 Å². The highest BCUT2D eigenvalue weighted by Crippen LogP contribution is 2.38. The number of phosphoric ester groups is 1. The summed E-state index contributed by atoms with van der Waals surface area (Å²) in [4.78, 5) is 37.7. The molecule has 0 aliphatic carbocycles. The monoisotopic (exact) mass is 888 g/mol. The van der Waals surface area contributed by atoms with E-state index in [1.54, 1.807) is 0 Å². The van der Waals surface area contributed by atoms with Crippen LogP contribution in [0.1, 0.15) is 264 Å². The molecule has 0 rings (SSSR count). The normalized spacial score (nSPS) is 13.3. The topological polar surface area (TPSA) is 111 Å². The van der Waals surface area contributed by atoms with E-state index >= 15 is 0 Å². The minimum atomic E-state index is -4.62. The van der Waals surface area contributed by atoms with Crippen molar-refractivity contribution in [3.05, 3.63) is 0 Å². The number of unbranched alkanes of at least 4 members (excludes halogenated alkanes) is 35. The van der Waals surface area contributed by atoms with E-state index in [9.17, 15) is 19.0 Å². The molecule has 61 heavy (non-hydrogen) atoms. The zero-order valence-electron chi connectivity index (χ0n) is 41.1. The summed E-state index contributed by atoms with van der Waals surface area (Å²) < 4.78 is 34.1. The number of rotatable bonds is 49. The highest BCUT2D eigenvalue weighted by atomic mass is 31.2. The van der Waals surface area contributed by atoms with Gasteiger partial charge in [-0.1, -0.05) is 239 Å². The SMILES string of the molecule is CCCCCCCCCCCCCCCCCCCCCC(=O)OC(COC(=O)CCCCCCCCCCCCCCCCCCCC)COP(=O)([O-])OCC[N+](C)(C)C. The lowest BCUT2D eigenvalue weighted by Gasteiger charge is -2.28. The Morgan fingerprint density at radius 2 is 0.738 bits per heavy atom. The van der Waals surface area contributed by atoms with Gasteiger partial charge in [0.25, 0.3) is 7.82 Å². The molecule has 0 amide bonds. The molecule has 2 atom stereocenters. The van der Waals surface area contributed by atoms with Gasteiger partial charge in [0, 0.05) is 12.8 Å². The van der Waals surface area contributed by atoms with Gasteiger partial charge in [-0.25, -0.2) is 0 Å². The van der Waals surface area contributed by atoms with Gasteiger partial charge < -0.3 is 27.9 Å². The smallest absolute Gasteiger partial charge is 0.306 e. The maximum atomic E-state index is 12.7. The van der Waals surface area contributed by atoms with Crippen LogP contribution in [0.2, 0.25) is 0 Å². The molecule has 0 spiro atoms. The van der Waals surface area contributed by atoms with Gasteiger partial charge in [0.05, 0.1) is 27.7 Å². The lowest BCUT2D eigenvalue weighted by atomic mass is 10.0. The zero-order chi connectivity index (χ0) is 45.0. The Hall–Kier alpha value is -0.990. The van der Waals surface area contributed by atoms with Gasteiger partial charge in [0.2, 0.25) is 0 Å². The van der Waals surface area contributed by atoms with Crippen molar-refractivity contribution < 1.29 is 42.1 Å². The maximum Gasteiger partial charge on any atom is 0.306 e. The van der Waals surface area contributed by atoms with Crippen molar-refractivity contribution in [2.75, 3.05) is 47.5 Å². The van der Waals surface area contributed by atoms with Gasteiger partial charge in [-0.05, 0) is 12.8 Å². The molecule has 0 aromatic rings. The van der Waals surface area contributed by atoms with E-state index in [4.69, 9.17) is 18.5 Å². The average molecular weight is 888 g/mol. The molecule has 0 aromatic heterocycles. The van der Waals surface area contributed by atoms with Gasteiger partial charge in [0.1, 0.15) is 19.8 Å². The number of esters is 2. The third kappa shape index (κ3) is 48.3. The quantitative estimate of drug-likeness (QED) is 0.0257. The number of likely N-dealkylation sites (N-methyl/N-ethyl adjacent to an activating group) is 1. The molecule has 0 fully saturated rings. The summed E-state index contributed by atoms with van der Waals surface area (Å²) >= 11 is 0. The van der Waals surface area contributed by atoms with Crippen LogP contribution < -0.4 is 4.89 Å². The second-order valence-electron chi connectivity index (χ2n) is 19.3. The molecule has 9 nitrogen and oxygen atoms in total. The summed E-state index contributed by atoms with van der Waals surface area (Å²) in [6, 6.07) is 0. The highest BCUT2D eigenvalue weighted by molar-refractivity contribution is 7.45. The number of nitrogens with zero attached hydrogens (tertiary/aromatic N) is 1. The van der Waals surface area contributed by atoms with Crippen LogP contribution in [0.15, 0.2) is 0 Å². The summed E-state index contributed by atoms with van der Waals surface area (Å²) in [7, 11) is 1.19. The third-order valence-corrected chi connectivity index (χ3v) is 12.8. The number of phosphoric acid groups is 1.